The Morgan fingerprint density at radius 2 is 2.20 bits per heavy atom. The first-order valence-electron chi connectivity index (χ1n) is 4.22. The molecule has 0 aliphatic carbocycles. The van der Waals surface area contributed by atoms with E-state index >= 15 is 0 Å². The number of fused-ring (bicyclic) bond motifs is 1. The lowest BCUT2D eigenvalue weighted by Crippen LogP contribution is -1.87. The molecule has 0 aliphatic heterocycles. The van der Waals surface area contributed by atoms with Gasteiger partial charge in [-0.1, -0.05) is 17.7 Å². The Labute approximate surface area is 105 Å². The molecule has 0 fully saturated rings. The van der Waals surface area contributed by atoms with Crippen molar-refractivity contribution < 1.29 is 0 Å². The highest BCUT2D eigenvalue weighted by molar-refractivity contribution is 14.1. The van der Waals surface area contributed by atoms with Gasteiger partial charge < -0.3 is 0 Å². The number of hydrogen-bond donors (Lipinski definition) is 0. The van der Waals surface area contributed by atoms with Gasteiger partial charge in [0.15, 0.2) is 5.50 Å². The largest absolute Gasteiger partial charge is 0.255 e. The summed E-state index contributed by atoms with van der Waals surface area (Å²) < 4.78 is 1.04. The van der Waals surface area contributed by atoms with Crippen LogP contribution in [-0.2, 0) is 0 Å². The lowest BCUT2D eigenvalue weighted by molar-refractivity contribution is 1.01. The topological polar surface area (TPSA) is 42.3 Å². The average molecular weight is 333 g/mol. The fourth-order valence-corrected chi connectivity index (χ4v) is 1.94. The molecule has 15 heavy (non-hydrogen) atoms. The molecule has 1 heterocycles. The van der Waals surface area contributed by atoms with Crippen LogP contribution in [0.5, 0.6) is 0 Å². The van der Waals surface area contributed by atoms with E-state index in [9.17, 15) is 4.91 Å². The van der Waals surface area contributed by atoms with E-state index < -0.39 is 5.50 Å². The Kier molecular flexibility index (Phi) is 3.16. The summed E-state index contributed by atoms with van der Waals surface area (Å²) in [6, 6.07) is 7.42. The Bertz CT molecular complexity index is 518. The molecule has 0 saturated carbocycles. The van der Waals surface area contributed by atoms with Gasteiger partial charge in [0.1, 0.15) is 0 Å². The number of halogens is 2. The molecule has 5 heteroatoms. The van der Waals surface area contributed by atoms with E-state index in [0.717, 1.165) is 14.5 Å². The van der Waals surface area contributed by atoms with Crippen molar-refractivity contribution in [3.05, 3.63) is 44.5 Å². The minimum Gasteiger partial charge on any atom is -0.255 e. The van der Waals surface area contributed by atoms with E-state index in [2.05, 4.69) is 32.8 Å². The van der Waals surface area contributed by atoms with Crippen molar-refractivity contribution in [3.8, 4) is 0 Å². The standard InChI is InChI=1S/C10H6ClIN2O/c11-10(14-15)6-1-2-9-7(3-6)4-8(12)5-13-9/h1-5,10H. The quantitative estimate of drug-likeness (QED) is 0.363. The summed E-state index contributed by atoms with van der Waals surface area (Å²) in [4.78, 5) is 14.6. The van der Waals surface area contributed by atoms with E-state index in [-0.39, 0.29) is 0 Å². The third-order valence-electron chi connectivity index (χ3n) is 2.04. The fourth-order valence-electron chi connectivity index (χ4n) is 1.33. The van der Waals surface area contributed by atoms with Crippen LogP contribution >= 0.6 is 34.2 Å². The number of benzene rings is 1. The summed E-state index contributed by atoms with van der Waals surface area (Å²) in [6.07, 6.45) is 1.79. The van der Waals surface area contributed by atoms with Crippen molar-refractivity contribution in [1.29, 1.82) is 0 Å². The van der Waals surface area contributed by atoms with Crippen LogP contribution in [0.4, 0.5) is 0 Å². The monoisotopic (exact) mass is 332 g/mol. The minimum absolute atomic E-state index is 0.697. The predicted molar refractivity (Wildman–Crippen MR) is 68.8 cm³/mol. The van der Waals surface area contributed by atoms with Crippen LogP contribution in [0.3, 0.4) is 0 Å². The van der Waals surface area contributed by atoms with Gasteiger partial charge in [-0.25, -0.2) is 0 Å². The van der Waals surface area contributed by atoms with Gasteiger partial charge in [-0.2, -0.15) is 0 Å². The van der Waals surface area contributed by atoms with Crippen molar-refractivity contribution in [1.82, 2.24) is 4.98 Å². The number of nitrogens with zero attached hydrogens (tertiary/aromatic N) is 2. The Morgan fingerprint density at radius 1 is 1.40 bits per heavy atom. The molecule has 1 aromatic heterocycles. The predicted octanol–water partition coefficient (Wildman–Crippen LogP) is 3.84. The molecule has 0 saturated heterocycles. The zero-order valence-corrected chi connectivity index (χ0v) is 10.4. The number of nitroso groups, excluding NO2 is 1. The lowest BCUT2D eigenvalue weighted by atomic mass is 10.1. The van der Waals surface area contributed by atoms with Gasteiger partial charge in [-0.3, -0.25) is 4.98 Å². The zero-order valence-electron chi connectivity index (χ0n) is 7.52. The fraction of sp³-hybridized carbons (Fsp3) is 0.100. The van der Waals surface area contributed by atoms with Crippen LogP contribution in [0.15, 0.2) is 35.6 Å². The number of alkyl halides is 1. The SMILES string of the molecule is O=NC(Cl)c1ccc2ncc(I)cc2c1. The van der Waals surface area contributed by atoms with Crippen LogP contribution < -0.4 is 0 Å². The summed E-state index contributed by atoms with van der Waals surface area (Å²) in [7, 11) is 0. The zero-order chi connectivity index (χ0) is 10.8. The van der Waals surface area contributed by atoms with Crippen molar-refractivity contribution in [2.45, 2.75) is 5.50 Å². The molecule has 1 atom stereocenters. The number of hydrogen-bond acceptors (Lipinski definition) is 3. The van der Waals surface area contributed by atoms with Crippen molar-refractivity contribution in [2.24, 2.45) is 5.18 Å². The highest BCUT2D eigenvalue weighted by Crippen LogP contribution is 2.25. The molecule has 0 aliphatic rings. The maximum Gasteiger partial charge on any atom is 0.190 e. The number of pyridine rings is 1. The molecule has 0 amide bonds. The van der Waals surface area contributed by atoms with E-state index in [1.165, 1.54) is 0 Å². The normalized spacial score (nSPS) is 12.7. The molecule has 0 radical (unpaired) electrons. The summed E-state index contributed by atoms with van der Waals surface area (Å²) >= 11 is 7.91. The van der Waals surface area contributed by atoms with Crippen molar-refractivity contribution >= 4 is 45.1 Å². The van der Waals surface area contributed by atoms with Crippen molar-refractivity contribution in [3.63, 3.8) is 0 Å². The Morgan fingerprint density at radius 3 is 2.93 bits per heavy atom. The second-order valence-corrected chi connectivity index (χ2v) is 4.71. The molecule has 1 unspecified atom stereocenters. The van der Waals surface area contributed by atoms with Gasteiger partial charge >= 0.3 is 0 Å². The highest BCUT2D eigenvalue weighted by atomic mass is 127. The molecular weight excluding hydrogens is 326 g/mol. The first kappa shape index (κ1) is 10.8. The maximum absolute atomic E-state index is 10.3. The van der Waals surface area contributed by atoms with E-state index in [0.29, 0.717) is 5.56 Å². The van der Waals surface area contributed by atoms with Gasteiger partial charge in [0, 0.05) is 15.2 Å². The van der Waals surface area contributed by atoms with Gasteiger partial charge in [0.2, 0.25) is 0 Å². The molecular formula is C10H6ClIN2O. The maximum atomic E-state index is 10.3. The lowest BCUT2D eigenvalue weighted by Gasteiger charge is -2.03. The summed E-state index contributed by atoms with van der Waals surface area (Å²) in [5.41, 5.74) is 0.754. The average Bonchev–Trinajstić information content (AvgIpc) is 2.27. The molecule has 0 N–H and O–H groups in total. The third-order valence-corrected chi connectivity index (χ3v) is 2.96. The number of rotatable bonds is 2. The molecule has 1 aromatic carbocycles. The summed E-state index contributed by atoms with van der Waals surface area (Å²) in [5.74, 6) is 0. The Hall–Kier alpha value is -0.750. The van der Waals surface area contributed by atoms with Crippen LogP contribution in [0.2, 0.25) is 0 Å². The second kappa shape index (κ2) is 4.40. The molecule has 76 valence electrons. The smallest absolute Gasteiger partial charge is 0.190 e. The minimum atomic E-state index is -0.827. The van der Waals surface area contributed by atoms with Crippen LogP contribution in [0, 0.1) is 8.48 Å². The first-order chi connectivity index (χ1) is 7.20. The van der Waals surface area contributed by atoms with Crippen molar-refractivity contribution in [2.75, 3.05) is 0 Å². The molecule has 0 bridgehead atoms. The van der Waals surface area contributed by atoms with Gasteiger partial charge in [-0.15, -0.1) is 4.91 Å². The molecule has 3 nitrogen and oxygen atoms in total. The molecule has 0 spiro atoms. The van der Waals surface area contributed by atoms with E-state index in [1.54, 1.807) is 12.3 Å². The first-order valence-corrected chi connectivity index (χ1v) is 5.74. The van der Waals surface area contributed by atoms with Gasteiger partial charge in [-0.05, 0) is 51.5 Å². The van der Waals surface area contributed by atoms with Crippen LogP contribution in [0.25, 0.3) is 10.9 Å². The van der Waals surface area contributed by atoms with E-state index in [1.807, 2.05) is 18.2 Å². The van der Waals surface area contributed by atoms with Crippen LogP contribution in [-0.4, -0.2) is 4.98 Å². The Balaban J connectivity index is 2.58. The second-order valence-electron chi connectivity index (χ2n) is 3.05. The van der Waals surface area contributed by atoms with Gasteiger partial charge in [0.05, 0.1) is 5.52 Å². The summed E-state index contributed by atoms with van der Waals surface area (Å²) in [6.45, 7) is 0. The van der Waals surface area contributed by atoms with E-state index in [4.69, 9.17) is 11.6 Å². The molecule has 2 aromatic rings. The highest BCUT2D eigenvalue weighted by Gasteiger charge is 2.07. The third kappa shape index (κ3) is 2.26. The molecule has 2 rings (SSSR count). The summed E-state index contributed by atoms with van der Waals surface area (Å²) in [5, 5.41) is 3.75. The van der Waals surface area contributed by atoms with Crippen LogP contribution in [0.1, 0.15) is 11.1 Å². The van der Waals surface area contributed by atoms with Gasteiger partial charge in [0.25, 0.3) is 0 Å². The number of aromatic nitrogens is 1.